The molecule has 1 aromatic heterocycles. The molecule has 3 aliphatic rings. The largest absolute Gasteiger partial charge is 0.484 e. The maximum Gasteiger partial charge on any atom is 0.258 e. The summed E-state index contributed by atoms with van der Waals surface area (Å²) < 4.78 is 12.1. The van der Waals surface area contributed by atoms with Crippen LogP contribution in [0.3, 0.4) is 0 Å². The Hall–Kier alpha value is -2.60. The van der Waals surface area contributed by atoms with Crippen LogP contribution in [-0.4, -0.2) is 52.5 Å². The molecule has 6 nitrogen and oxygen atoms in total. The normalized spacial score (nSPS) is 25.2. The van der Waals surface area contributed by atoms with Gasteiger partial charge in [0.15, 0.2) is 11.9 Å². The zero-order valence-electron chi connectivity index (χ0n) is 17.9. The smallest absolute Gasteiger partial charge is 0.258 e. The Morgan fingerprint density at radius 1 is 1.13 bits per heavy atom. The molecule has 0 aliphatic carbocycles. The molecule has 3 aliphatic heterocycles. The maximum absolute atomic E-state index is 11.7. The number of carbonyl (C=O) groups excluding carboxylic acids is 1. The van der Waals surface area contributed by atoms with E-state index in [1.807, 2.05) is 17.0 Å². The highest BCUT2D eigenvalue weighted by atomic mass is 16.6. The van der Waals surface area contributed by atoms with Crippen LogP contribution in [0.15, 0.2) is 36.4 Å². The molecule has 2 aromatic rings. The van der Waals surface area contributed by atoms with Crippen LogP contribution in [-0.2, 0) is 11.3 Å². The number of amides is 1. The van der Waals surface area contributed by atoms with E-state index in [0.29, 0.717) is 30.5 Å². The molecule has 6 heteroatoms. The molecule has 4 heterocycles. The molecular weight excluding hydrogens is 378 g/mol. The molecule has 158 valence electrons. The monoisotopic (exact) mass is 407 g/mol. The number of benzene rings is 1. The maximum atomic E-state index is 11.7. The summed E-state index contributed by atoms with van der Waals surface area (Å²) >= 11 is 0. The lowest BCUT2D eigenvalue weighted by Crippen LogP contribution is -2.47. The summed E-state index contributed by atoms with van der Waals surface area (Å²) in [7, 11) is 0. The number of nitrogens with zero attached hydrogens (tertiary/aromatic N) is 3. The lowest BCUT2D eigenvalue weighted by molar-refractivity contribution is -0.131. The van der Waals surface area contributed by atoms with E-state index < -0.39 is 0 Å². The van der Waals surface area contributed by atoms with E-state index in [1.165, 1.54) is 5.56 Å². The van der Waals surface area contributed by atoms with Gasteiger partial charge in [-0.1, -0.05) is 38.1 Å². The van der Waals surface area contributed by atoms with Crippen LogP contribution in [0.2, 0.25) is 0 Å². The standard InChI is InChI=1S/C24H29N3O3/c1-15(2)21-8-9-22-24(25-21)30-23(14-29-22)18-6-4-17(5-7-18)11-26-12-20-10-19(26)13-27(20)16(3)28/h4-9,15,19-20,23H,10-14H2,1-3H3/t19-,20-,23+/m0/s1. The number of pyridine rings is 1. The molecule has 0 saturated carbocycles. The van der Waals surface area contributed by atoms with Crippen LogP contribution >= 0.6 is 0 Å². The third kappa shape index (κ3) is 3.54. The number of hydrogen-bond donors (Lipinski definition) is 0. The van der Waals surface area contributed by atoms with Crippen molar-refractivity contribution < 1.29 is 14.3 Å². The first-order valence-corrected chi connectivity index (χ1v) is 10.9. The SMILES string of the molecule is CC(=O)N1C[C@@H]2C[C@H]1CN2Cc1ccc([C@H]2COc3ccc(C(C)C)nc3O2)cc1. The summed E-state index contributed by atoms with van der Waals surface area (Å²) in [4.78, 5) is 20.9. The summed E-state index contributed by atoms with van der Waals surface area (Å²) in [6.45, 7) is 9.20. The van der Waals surface area contributed by atoms with Crippen LogP contribution in [0.1, 0.15) is 56.0 Å². The third-order valence-corrected chi connectivity index (χ3v) is 6.58. The second-order valence-electron chi connectivity index (χ2n) is 9.00. The van der Waals surface area contributed by atoms with Gasteiger partial charge in [0.05, 0.1) is 0 Å². The Kier molecular flexibility index (Phi) is 4.89. The van der Waals surface area contributed by atoms with Gasteiger partial charge >= 0.3 is 0 Å². The van der Waals surface area contributed by atoms with E-state index in [1.54, 1.807) is 6.92 Å². The topological polar surface area (TPSA) is 54.9 Å². The molecule has 2 fully saturated rings. The Labute approximate surface area is 177 Å². The van der Waals surface area contributed by atoms with Crippen LogP contribution in [0.4, 0.5) is 0 Å². The summed E-state index contributed by atoms with van der Waals surface area (Å²) in [6, 6.07) is 13.5. The van der Waals surface area contributed by atoms with Gasteiger partial charge in [-0.05, 0) is 35.6 Å². The van der Waals surface area contributed by atoms with Crippen molar-refractivity contribution in [3.8, 4) is 11.6 Å². The van der Waals surface area contributed by atoms with Crippen molar-refractivity contribution in [3.63, 3.8) is 0 Å². The number of likely N-dealkylation sites (tertiary alicyclic amines) is 2. The Bertz CT molecular complexity index is 943. The van der Waals surface area contributed by atoms with E-state index in [9.17, 15) is 4.79 Å². The van der Waals surface area contributed by atoms with Crippen LogP contribution < -0.4 is 9.47 Å². The van der Waals surface area contributed by atoms with E-state index in [0.717, 1.165) is 43.1 Å². The van der Waals surface area contributed by atoms with Crippen molar-refractivity contribution in [1.29, 1.82) is 0 Å². The molecule has 2 bridgehead atoms. The fraction of sp³-hybridized carbons (Fsp3) is 0.500. The minimum atomic E-state index is -0.145. The highest BCUT2D eigenvalue weighted by Gasteiger charge is 2.43. The highest BCUT2D eigenvalue weighted by molar-refractivity contribution is 5.74. The van der Waals surface area contributed by atoms with Gasteiger partial charge in [-0.3, -0.25) is 9.69 Å². The third-order valence-electron chi connectivity index (χ3n) is 6.58. The number of rotatable bonds is 4. The first-order chi connectivity index (χ1) is 14.5. The molecule has 0 spiro atoms. The average molecular weight is 408 g/mol. The van der Waals surface area contributed by atoms with Crippen molar-refractivity contribution >= 4 is 5.91 Å². The van der Waals surface area contributed by atoms with Crippen molar-refractivity contribution in [2.45, 2.75) is 57.8 Å². The van der Waals surface area contributed by atoms with Crippen LogP contribution in [0.25, 0.3) is 0 Å². The fourth-order valence-corrected chi connectivity index (χ4v) is 4.86. The Morgan fingerprint density at radius 2 is 1.93 bits per heavy atom. The van der Waals surface area contributed by atoms with Crippen molar-refractivity contribution in [3.05, 3.63) is 53.2 Å². The molecule has 0 radical (unpaired) electrons. The van der Waals surface area contributed by atoms with E-state index >= 15 is 0 Å². The number of ether oxygens (including phenoxy) is 2. The van der Waals surface area contributed by atoms with Crippen molar-refractivity contribution in [2.75, 3.05) is 19.7 Å². The molecule has 2 saturated heterocycles. The van der Waals surface area contributed by atoms with E-state index in [2.05, 4.69) is 48.0 Å². The number of piperazine rings is 1. The second-order valence-corrected chi connectivity index (χ2v) is 9.00. The average Bonchev–Trinajstić information content (AvgIpc) is 3.34. The Morgan fingerprint density at radius 3 is 2.60 bits per heavy atom. The summed E-state index contributed by atoms with van der Waals surface area (Å²) in [5.41, 5.74) is 3.40. The van der Waals surface area contributed by atoms with Gasteiger partial charge in [0.25, 0.3) is 5.88 Å². The number of fused-ring (bicyclic) bond motifs is 3. The minimum Gasteiger partial charge on any atom is -0.484 e. The van der Waals surface area contributed by atoms with Gasteiger partial charge in [-0.25, -0.2) is 4.98 Å². The second kappa shape index (κ2) is 7.58. The summed E-state index contributed by atoms with van der Waals surface area (Å²) in [5, 5.41) is 0. The molecule has 3 atom stereocenters. The quantitative estimate of drug-likeness (QED) is 0.776. The number of hydrogen-bond acceptors (Lipinski definition) is 5. The predicted molar refractivity (Wildman–Crippen MR) is 114 cm³/mol. The molecule has 5 rings (SSSR count). The van der Waals surface area contributed by atoms with Gasteiger partial charge in [-0.2, -0.15) is 0 Å². The molecular formula is C24H29N3O3. The molecule has 0 unspecified atom stereocenters. The fourth-order valence-electron chi connectivity index (χ4n) is 4.86. The number of aromatic nitrogens is 1. The first-order valence-electron chi connectivity index (χ1n) is 10.9. The van der Waals surface area contributed by atoms with Crippen LogP contribution in [0.5, 0.6) is 11.6 Å². The molecule has 30 heavy (non-hydrogen) atoms. The van der Waals surface area contributed by atoms with Gasteiger partial charge in [0.2, 0.25) is 5.91 Å². The summed E-state index contributed by atoms with van der Waals surface area (Å²) in [5.74, 6) is 1.86. The highest BCUT2D eigenvalue weighted by Crippen LogP contribution is 2.36. The van der Waals surface area contributed by atoms with Gasteiger partial charge < -0.3 is 14.4 Å². The number of carbonyl (C=O) groups is 1. The molecule has 1 aromatic carbocycles. The lowest BCUT2D eigenvalue weighted by atomic mass is 10.1. The van der Waals surface area contributed by atoms with Crippen molar-refractivity contribution in [2.24, 2.45) is 0 Å². The van der Waals surface area contributed by atoms with E-state index in [4.69, 9.17) is 9.47 Å². The van der Waals surface area contributed by atoms with Crippen molar-refractivity contribution in [1.82, 2.24) is 14.8 Å². The molecule has 0 N–H and O–H groups in total. The zero-order valence-corrected chi connectivity index (χ0v) is 17.9. The van der Waals surface area contributed by atoms with Gasteiger partial charge in [0, 0.05) is 44.3 Å². The lowest BCUT2D eigenvalue weighted by Gasteiger charge is -2.33. The minimum absolute atomic E-state index is 0.145. The van der Waals surface area contributed by atoms with Gasteiger partial charge in [-0.15, -0.1) is 0 Å². The Balaban J connectivity index is 1.23. The van der Waals surface area contributed by atoms with Gasteiger partial charge in [0.1, 0.15) is 6.61 Å². The molecule has 1 amide bonds. The zero-order chi connectivity index (χ0) is 20.8. The van der Waals surface area contributed by atoms with E-state index in [-0.39, 0.29) is 12.0 Å². The first kappa shape index (κ1) is 19.4. The predicted octanol–water partition coefficient (Wildman–Crippen LogP) is 3.52. The van der Waals surface area contributed by atoms with Crippen LogP contribution in [0, 0.1) is 0 Å². The summed E-state index contributed by atoms with van der Waals surface area (Å²) in [6.07, 6.45) is 0.962.